The van der Waals surface area contributed by atoms with Gasteiger partial charge in [-0.3, -0.25) is 9.78 Å². The molecule has 7 nitrogen and oxygen atoms in total. The first-order valence-electron chi connectivity index (χ1n) is 10.5. The highest BCUT2D eigenvalue weighted by Gasteiger charge is 2.35. The monoisotopic (exact) mass is 414 g/mol. The van der Waals surface area contributed by atoms with Gasteiger partial charge in [0.15, 0.2) is 0 Å². The molecule has 3 heterocycles. The number of carbonyl (C=O) groups excluding carboxylic acids is 1. The molecule has 0 radical (unpaired) electrons. The second kappa shape index (κ2) is 9.06. The average Bonchev–Trinajstić information content (AvgIpc) is 2.76. The predicted molar refractivity (Wildman–Crippen MR) is 110 cm³/mol. The van der Waals surface area contributed by atoms with Gasteiger partial charge in [0.25, 0.3) is 0 Å². The van der Waals surface area contributed by atoms with E-state index in [0.717, 1.165) is 36.8 Å². The lowest BCUT2D eigenvalue weighted by Crippen LogP contribution is -2.46. The second-order valence-electron chi connectivity index (χ2n) is 8.12. The van der Waals surface area contributed by atoms with Crippen LogP contribution in [0.15, 0.2) is 36.7 Å². The Kier molecular flexibility index (Phi) is 6.24. The van der Waals surface area contributed by atoms with Gasteiger partial charge < -0.3 is 20.1 Å². The normalized spacial score (nSPS) is 21.3. The molecule has 0 aromatic carbocycles. The summed E-state index contributed by atoms with van der Waals surface area (Å²) in [7, 11) is 0. The van der Waals surface area contributed by atoms with E-state index in [1.165, 1.54) is 6.07 Å². The van der Waals surface area contributed by atoms with Crippen LogP contribution in [0.1, 0.15) is 50.3 Å². The molecule has 4 rings (SSSR count). The van der Waals surface area contributed by atoms with Gasteiger partial charge in [-0.15, -0.1) is 0 Å². The average molecular weight is 414 g/mol. The van der Waals surface area contributed by atoms with Crippen LogP contribution in [0.2, 0.25) is 0 Å². The van der Waals surface area contributed by atoms with Gasteiger partial charge in [-0.1, -0.05) is 19.3 Å². The SMILES string of the molecule is O=C(CC1(O)CCCCC1)N1CCO[C@@H](c2ccc(Nc3ccc(F)cn3)cn2)C1. The fraction of sp³-hybridized carbons (Fsp3) is 0.500. The molecule has 1 aliphatic carbocycles. The molecule has 8 heteroatoms. The van der Waals surface area contributed by atoms with Crippen LogP contribution < -0.4 is 5.32 Å². The molecule has 0 spiro atoms. The number of hydrogen-bond acceptors (Lipinski definition) is 6. The molecule has 1 saturated heterocycles. The number of halogens is 1. The number of nitrogens with one attached hydrogen (secondary N) is 1. The summed E-state index contributed by atoms with van der Waals surface area (Å²) >= 11 is 0. The number of nitrogens with zero attached hydrogens (tertiary/aromatic N) is 3. The maximum absolute atomic E-state index is 13.0. The summed E-state index contributed by atoms with van der Waals surface area (Å²) in [5, 5.41) is 13.8. The first kappa shape index (κ1) is 20.7. The summed E-state index contributed by atoms with van der Waals surface area (Å²) in [6.07, 6.45) is 7.17. The molecule has 2 fully saturated rings. The van der Waals surface area contributed by atoms with Crippen molar-refractivity contribution in [1.82, 2.24) is 14.9 Å². The first-order chi connectivity index (χ1) is 14.5. The number of morpholine rings is 1. The van der Waals surface area contributed by atoms with Gasteiger partial charge >= 0.3 is 0 Å². The Morgan fingerprint density at radius 2 is 2.03 bits per heavy atom. The summed E-state index contributed by atoms with van der Waals surface area (Å²) in [4.78, 5) is 23.0. The molecule has 1 amide bonds. The van der Waals surface area contributed by atoms with Crippen molar-refractivity contribution in [3.05, 3.63) is 48.2 Å². The summed E-state index contributed by atoms with van der Waals surface area (Å²) < 4.78 is 18.8. The van der Waals surface area contributed by atoms with Gasteiger partial charge in [0, 0.05) is 6.54 Å². The van der Waals surface area contributed by atoms with Gasteiger partial charge in [0.2, 0.25) is 5.91 Å². The summed E-state index contributed by atoms with van der Waals surface area (Å²) in [6, 6.07) is 6.58. The smallest absolute Gasteiger partial charge is 0.225 e. The van der Waals surface area contributed by atoms with Gasteiger partial charge in [-0.05, 0) is 37.1 Å². The van der Waals surface area contributed by atoms with Crippen LogP contribution in [0.5, 0.6) is 0 Å². The number of aromatic nitrogens is 2. The van der Waals surface area contributed by atoms with Crippen molar-refractivity contribution >= 4 is 17.4 Å². The predicted octanol–water partition coefficient (Wildman–Crippen LogP) is 3.34. The van der Waals surface area contributed by atoms with Crippen LogP contribution in [-0.2, 0) is 9.53 Å². The molecule has 1 aliphatic heterocycles. The Labute approximate surface area is 175 Å². The third kappa shape index (κ3) is 5.12. The van der Waals surface area contributed by atoms with Crippen LogP contribution in [0.3, 0.4) is 0 Å². The standard InChI is InChI=1S/C22H27FN4O3/c23-16-4-7-20(25-13-16)26-17-5-6-18(24-14-17)19-15-27(10-11-30-19)21(28)12-22(29)8-2-1-3-9-22/h4-7,13-14,19,29H,1-3,8-12,15H2,(H,25,26)/t19-/m1/s1. The quantitative estimate of drug-likeness (QED) is 0.780. The van der Waals surface area contributed by atoms with Crippen molar-refractivity contribution in [3.63, 3.8) is 0 Å². The molecule has 30 heavy (non-hydrogen) atoms. The molecular weight excluding hydrogens is 387 g/mol. The van der Waals surface area contributed by atoms with Crippen molar-refractivity contribution in [2.75, 3.05) is 25.0 Å². The zero-order chi connectivity index (χ0) is 21.0. The number of ether oxygens (including phenoxy) is 1. The van der Waals surface area contributed by atoms with E-state index in [-0.39, 0.29) is 18.4 Å². The number of carbonyl (C=O) groups is 1. The fourth-order valence-electron chi connectivity index (χ4n) is 4.10. The lowest BCUT2D eigenvalue weighted by Gasteiger charge is -2.37. The maximum Gasteiger partial charge on any atom is 0.225 e. The summed E-state index contributed by atoms with van der Waals surface area (Å²) in [5.74, 6) is 0.115. The Bertz CT molecular complexity index is 854. The number of amides is 1. The molecule has 2 aromatic heterocycles. The maximum atomic E-state index is 13.0. The highest BCUT2D eigenvalue weighted by Crippen LogP contribution is 2.32. The van der Waals surface area contributed by atoms with Gasteiger partial charge in [0.1, 0.15) is 17.7 Å². The zero-order valence-corrected chi connectivity index (χ0v) is 16.9. The summed E-state index contributed by atoms with van der Waals surface area (Å²) in [6.45, 7) is 1.39. The number of pyridine rings is 2. The lowest BCUT2D eigenvalue weighted by molar-refractivity contribution is -0.145. The van der Waals surface area contributed by atoms with Crippen LogP contribution in [-0.4, -0.2) is 51.2 Å². The number of hydrogen-bond donors (Lipinski definition) is 2. The van der Waals surface area contributed by atoms with Crippen LogP contribution in [0.25, 0.3) is 0 Å². The van der Waals surface area contributed by atoms with E-state index in [1.807, 2.05) is 12.1 Å². The van der Waals surface area contributed by atoms with Crippen molar-refractivity contribution in [2.45, 2.75) is 50.2 Å². The van der Waals surface area contributed by atoms with Crippen LogP contribution in [0, 0.1) is 5.82 Å². The topological polar surface area (TPSA) is 87.6 Å². The minimum absolute atomic E-state index is 0.0200. The number of rotatable bonds is 5. The zero-order valence-electron chi connectivity index (χ0n) is 16.9. The fourth-order valence-corrected chi connectivity index (χ4v) is 4.10. The molecule has 0 unspecified atom stereocenters. The van der Waals surface area contributed by atoms with E-state index in [1.54, 1.807) is 17.2 Å². The van der Waals surface area contributed by atoms with E-state index in [4.69, 9.17) is 4.74 Å². The Balaban J connectivity index is 1.35. The minimum atomic E-state index is -0.858. The Hall–Kier alpha value is -2.58. The molecule has 2 aromatic rings. The van der Waals surface area contributed by atoms with E-state index in [9.17, 15) is 14.3 Å². The van der Waals surface area contributed by atoms with Crippen molar-refractivity contribution in [2.24, 2.45) is 0 Å². The molecule has 2 N–H and O–H groups in total. The van der Waals surface area contributed by atoms with Crippen molar-refractivity contribution in [3.8, 4) is 0 Å². The molecule has 1 atom stereocenters. The largest absolute Gasteiger partial charge is 0.389 e. The van der Waals surface area contributed by atoms with Crippen molar-refractivity contribution in [1.29, 1.82) is 0 Å². The third-order valence-electron chi connectivity index (χ3n) is 5.80. The van der Waals surface area contributed by atoms with Crippen LogP contribution >= 0.6 is 0 Å². The third-order valence-corrected chi connectivity index (χ3v) is 5.80. The molecular formula is C22H27FN4O3. The van der Waals surface area contributed by atoms with Gasteiger partial charge in [0.05, 0.1) is 48.9 Å². The van der Waals surface area contributed by atoms with E-state index in [0.29, 0.717) is 38.4 Å². The van der Waals surface area contributed by atoms with Crippen LogP contribution in [0.4, 0.5) is 15.9 Å². The van der Waals surface area contributed by atoms with E-state index >= 15 is 0 Å². The van der Waals surface area contributed by atoms with E-state index < -0.39 is 11.4 Å². The highest BCUT2D eigenvalue weighted by molar-refractivity contribution is 5.77. The second-order valence-corrected chi connectivity index (χ2v) is 8.12. The molecule has 0 bridgehead atoms. The Morgan fingerprint density at radius 3 is 2.73 bits per heavy atom. The highest BCUT2D eigenvalue weighted by atomic mass is 19.1. The van der Waals surface area contributed by atoms with Gasteiger partial charge in [-0.2, -0.15) is 0 Å². The summed E-state index contributed by atoms with van der Waals surface area (Å²) in [5.41, 5.74) is 0.603. The lowest BCUT2D eigenvalue weighted by atomic mass is 9.82. The number of aliphatic hydroxyl groups is 1. The van der Waals surface area contributed by atoms with Crippen molar-refractivity contribution < 1.29 is 19.0 Å². The number of anilines is 2. The molecule has 1 saturated carbocycles. The Morgan fingerprint density at radius 1 is 1.20 bits per heavy atom. The minimum Gasteiger partial charge on any atom is -0.389 e. The van der Waals surface area contributed by atoms with Gasteiger partial charge in [-0.25, -0.2) is 9.37 Å². The first-order valence-corrected chi connectivity index (χ1v) is 10.5. The molecule has 160 valence electrons. The van der Waals surface area contributed by atoms with E-state index in [2.05, 4.69) is 15.3 Å². The molecule has 2 aliphatic rings.